The Morgan fingerprint density at radius 2 is 2.10 bits per heavy atom. The molecule has 0 bridgehead atoms. The Kier molecular flexibility index (Phi) is 3.66. The van der Waals surface area contributed by atoms with Gasteiger partial charge in [0.25, 0.3) is 0 Å². The zero-order valence-electron chi connectivity index (χ0n) is 10.7. The first-order valence-electron chi connectivity index (χ1n) is 6.03. The summed E-state index contributed by atoms with van der Waals surface area (Å²) in [7, 11) is 0. The SMILES string of the molecule is Cc1nsc(Nc2cnn(Cc3ccc(Cl)cc3)c2)n1. The number of aryl methyl sites for hydroxylation is 1. The predicted molar refractivity (Wildman–Crippen MR) is 80.7 cm³/mol. The lowest BCUT2D eigenvalue weighted by atomic mass is 10.2. The second-order valence-electron chi connectivity index (χ2n) is 4.32. The number of nitrogens with one attached hydrogen (secondary N) is 1. The third-order valence-corrected chi connectivity index (χ3v) is 3.64. The summed E-state index contributed by atoms with van der Waals surface area (Å²) in [5, 5.41) is 9.01. The van der Waals surface area contributed by atoms with Crippen LogP contribution in [0.15, 0.2) is 36.7 Å². The molecule has 0 unspecified atom stereocenters. The fourth-order valence-corrected chi connectivity index (χ4v) is 2.48. The van der Waals surface area contributed by atoms with Gasteiger partial charge in [-0.3, -0.25) is 4.68 Å². The quantitative estimate of drug-likeness (QED) is 0.801. The zero-order valence-corrected chi connectivity index (χ0v) is 12.3. The topological polar surface area (TPSA) is 55.6 Å². The summed E-state index contributed by atoms with van der Waals surface area (Å²) in [6.07, 6.45) is 3.71. The van der Waals surface area contributed by atoms with Crippen LogP contribution in [0, 0.1) is 6.92 Å². The largest absolute Gasteiger partial charge is 0.328 e. The van der Waals surface area contributed by atoms with Crippen LogP contribution < -0.4 is 5.32 Å². The van der Waals surface area contributed by atoms with Crippen LogP contribution in [0.1, 0.15) is 11.4 Å². The van der Waals surface area contributed by atoms with Gasteiger partial charge in [0.05, 0.1) is 18.4 Å². The fourth-order valence-electron chi connectivity index (χ4n) is 1.76. The molecule has 7 heteroatoms. The van der Waals surface area contributed by atoms with E-state index in [9.17, 15) is 0 Å². The van der Waals surface area contributed by atoms with Crippen molar-refractivity contribution in [1.82, 2.24) is 19.1 Å². The number of anilines is 2. The van der Waals surface area contributed by atoms with E-state index < -0.39 is 0 Å². The van der Waals surface area contributed by atoms with Gasteiger partial charge in [-0.05, 0) is 24.6 Å². The van der Waals surface area contributed by atoms with Crippen LogP contribution in [0.5, 0.6) is 0 Å². The molecule has 0 aliphatic rings. The van der Waals surface area contributed by atoms with Crippen molar-refractivity contribution < 1.29 is 0 Å². The van der Waals surface area contributed by atoms with Crippen LogP contribution >= 0.6 is 23.1 Å². The van der Waals surface area contributed by atoms with E-state index in [1.54, 1.807) is 6.20 Å². The summed E-state index contributed by atoms with van der Waals surface area (Å²) in [6.45, 7) is 2.57. The average Bonchev–Trinajstić information content (AvgIpc) is 3.02. The van der Waals surface area contributed by atoms with Gasteiger partial charge in [0.2, 0.25) is 5.13 Å². The van der Waals surface area contributed by atoms with Crippen LogP contribution in [0.3, 0.4) is 0 Å². The molecule has 3 aromatic rings. The van der Waals surface area contributed by atoms with Crippen LogP contribution in [0.25, 0.3) is 0 Å². The third-order valence-electron chi connectivity index (χ3n) is 2.67. The van der Waals surface area contributed by atoms with E-state index in [-0.39, 0.29) is 0 Å². The maximum absolute atomic E-state index is 5.87. The third kappa shape index (κ3) is 3.15. The molecule has 0 atom stereocenters. The number of nitrogens with zero attached hydrogens (tertiary/aromatic N) is 4. The lowest BCUT2D eigenvalue weighted by Gasteiger charge is -2.01. The zero-order chi connectivity index (χ0) is 13.9. The highest BCUT2D eigenvalue weighted by atomic mass is 35.5. The minimum absolute atomic E-state index is 0.702. The molecule has 0 aliphatic carbocycles. The van der Waals surface area contributed by atoms with Crippen LogP contribution in [-0.2, 0) is 6.54 Å². The van der Waals surface area contributed by atoms with E-state index in [1.807, 2.05) is 42.1 Å². The summed E-state index contributed by atoms with van der Waals surface area (Å²) in [5.41, 5.74) is 2.05. The number of halogens is 1. The molecule has 0 radical (unpaired) electrons. The van der Waals surface area contributed by atoms with Gasteiger partial charge < -0.3 is 5.32 Å². The molecule has 0 spiro atoms. The van der Waals surface area contributed by atoms with Gasteiger partial charge in [-0.1, -0.05) is 23.7 Å². The van der Waals surface area contributed by atoms with Crippen molar-refractivity contribution in [2.45, 2.75) is 13.5 Å². The highest BCUT2D eigenvalue weighted by Gasteiger charge is 2.03. The Balaban J connectivity index is 1.68. The van der Waals surface area contributed by atoms with Crippen molar-refractivity contribution in [2.24, 2.45) is 0 Å². The summed E-state index contributed by atoms with van der Waals surface area (Å²) in [5.74, 6) is 0.769. The Labute approximate surface area is 125 Å². The van der Waals surface area contributed by atoms with Gasteiger partial charge in [0.15, 0.2) is 0 Å². The molecule has 102 valence electrons. The summed E-state index contributed by atoms with van der Waals surface area (Å²) >= 11 is 7.20. The Morgan fingerprint density at radius 1 is 1.30 bits per heavy atom. The van der Waals surface area contributed by atoms with E-state index >= 15 is 0 Å². The van der Waals surface area contributed by atoms with Gasteiger partial charge in [-0.15, -0.1) is 0 Å². The van der Waals surface area contributed by atoms with Gasteiger partial charge in [0, 0.05) is 22.8 Å². The summed E-state index contributed by atoms with van der Waals surface area (Å²) < 4.78 is 5.98. The van der Waals surface area contributed by atoms with Gasteiger partial charge in [-0.2, -0.15) is 9.47 Å². The summed E-state index contributed by atoms with van der Waals surface area (Å²) in [6, 6.07) is 7.74. The molecule has 0 saturated heterocycles. The molecule has 0 aliphatic heterocycles. The average molecular weight is 306 g/mol. The minimum Gasteiger partial charge on any atom is -0.328 e. The second kappa shape index (κ2) is 5.60. The first-order chi connectivity index (χ1) is 9.69. The maximum atomic E-state index is 5.87. The normalized spacial score (nSPS) is 10.7. The monoisotopic (exact) mass is 305 g/mol. The van der Waals surface area contributed by atoms with E-state index in [0.717, 1.165) is 27.2 Å². The fraction of sp³-hybridized carbons (Fsp3) is 0.154. The highest BCUT2D eigenvalue weighted by molar-refractivity contribution is 7.09. The number of hydrogen-bond acceptors (Lipinski definition) is 5. The molecule has 2 aromatic heterocycles. The number of benzene rings is 1. The van der Waals surface area contributed by atoms with E-state index in [2.05, 4.69) is 19.8 Å². The molecule has 2 heterocycles. The molecule has 0 fully saturated rings. The number of hydrogen-bond donors (Lipinski definition) is 1. The molecular weight excluding hydrogens is 294 g/mol. The van der Waals surface area contributed by atoms with Crippen molar-refractivity contribution >= 4 is 34.0 Å². The van der Waals surface area contributed by atoms with E-state index in [0.29, 0.717) is 6.54 Å². The molecule has 3 rings (SSSR count). The minimum atomic E-state index is 0.702. The van der Waals surface area contributed by atoms with Crippen molar-refractivity contribution in [3.63, 3.8) is 0 Å². The lowest BCUT2D eigenvalue weighted by Crippen LogP contribution is -1.99. The van der Waals surface area contributed by atoms with Crippen molar-refractivity contribution in [2.75, 3.05) is 5.32 Å². The van der Waals surface area contributed by atoms with Crippen LogP contribution in [0.4, 0.5) is 10.8 Å². The van der Waals surface area contributed by atoms with Gasteiger partial charge >= 0.3 is 0 Å². The highest BCUT2D eigenvalue weighted by Crippen LogP contribution is 2.18. The number of rotatable bonds is 4. The predicted octanol–water partition coefficient (Wildman–Crippen LogP) is 3.49. The first kappa shape index (κ1) is 13.1. The summed E-state index contributed by atoms with van der Waals surface area (Å²) in [4.78, 5) is 4.25. The Bertz CT molecular complexity index is 704. The van der Waals surface area contributed by atoms with Crippen LogP contribution in [0.2, 0.25) is 5.02 Å². The number of aromatic nitrogens is 4. The molecule has 0 saturated carbocycles. The van der Waals surface area contributed by atoms with Crippen molar-refractivity contribution in [1.29, 1.82) is 0 Å². The molecule has 1 aromatic carbocycles. The first-order valence-corrected chi connectivity index (χ1v) is 7.18. The standard InChI is InChI=1S/C13H12ClN5S/c1-9-16-13(20-18-9)17-12-6-15-19(8-12)7-10-2-4-11(14)5-3-10/h2-6,8H,7H2,1H3,(H,16,17,18). The molecule has 5 nitrogen and oxygen atoms in total. The second-order valence-corrected chi connectivity index (χ2v) is 5.51. The Morgan fingerprint density at radius 3 is 2.80 bits per heavy atom. The van der Waals surface area contributed by atoms with Gasteiger partial charge in [-0.25, -0.2) is 4.98 Å². The Hall–Kier alpha value is -1.92. The van der Waals surface area contributed by atoms with Crippen molar-refractivity contribution in [3.8, 4) is 0 Å². The molecule has 20 heavy (non-hydrogen) atoms. The maximum Gasteiger partial charge on any atom is 0.207 e. The van der Waals surface area contributed by atoms with Crippen molar-refractivity contribution in [3.05, 3.63) is 53.1 Å². The van der Waals surface area contributed by atoms with Gasteiger partial charge in [0.1, 0.15) is 5.82 Å². The molecular formula is C13H12ClN5S. The molecule has 1 N–H and O–H groups in total. The van der Waals surface area contributed by atoms with E-state index in [4.69, 9.17) is 11.6 Å². The smallest absolute Gasteiger partial charge is 0.207 e. The lowest BCUT2D eigenvalue weighted by molar-refractivity contribution is 0.687. The van der Waals surface area contributed by atoms with E-state index in [1.165, 1.54) is 11.5 Å². The van der Waals surface area contributed by atoms with Crippen LogP contribution in [-0.4, -0.2) is 19.1 Å². The molecule has 0 amide bonds.